The van der Waals surface area contributed by atoms with Gasteiger partial charge in [-0.15, -0.1) is 0 Å². The average Bonchev–Trinajstić information content (AvgIpc) is 2.33. The number of hydrogen-bond donors (Lipinski definition) is 1. The quantitative estimate of drug-likeness (QED) is 0.641. The number of ether oxygens (including phenoxy) is 1. The minimum Gasteiger partial charge on any atom is -0.469 e. The van der Waals surface area contributed by atoms with Gasteiger partial charge in [-0.1, -0.05) is 29.3 Å². The van der Waals surface area contributed by atoms with Crippen LogP contribution >= 0.6 is 23.2 Å². The fourth-order valence-electron chi connectivity index (χ4n) is 1.34. The SMILES string of the molecule is COC(=O)CCCNCc1ccc(Cl)c(Cl)c1. The summed E-state index contributed by atoms with van der Waals surface area (Å²) >= 11 is 11.7. The number of methoxy groups -OCH3 is 1. The molecule has 1 N–H and O–H groups in total. The maximum absolute atomic E-state index is 10.8. The van der Waals surface area contributed by atoms with Crippen molar-refractivity contribution in [3.8, 4) is 0 Å². The lowest BCUT2D eigenvalue weighted by Crippen LogP contribution is -2.16. The first-order chi connectivity index (χ1) is 8.13. The molecule has 0 unspecified atom stereocenters. The first-order valence-corrected chi connectivity index (χ1v) is 6.10. The second-order valence-corrected chi connectivity index (χ2v) is 4.42. The lowest BCUT2D eigenvalue weighted by Gasteiger charge is -2.05. The third-order valence-electron chi connectivity index (χ3n) is 2.28. The molecule has 0 aliphatic heterocycles. The largest absolute Gasteiger partial charge is 0.469 e. The Morgan fingerprint density at radius 1 is 1.35 bits per heavy atom. The van der Waals surface area contributed by atoms with E-state index >= 15 is 0 Å². The molecule has 17 heavy (non-hydrogen) atoms. The Morgan fingerprint density at radius 3 is 2.76 bits per heavy atom. The zero-order valence-electron chi connectivity index (χ0n) is 9.63. The molecule has 0 radical (unpaired) electrons. The van der Waals surface area contributed by atoms with E-state index in [-0.39, 0.29) is 5.97 Å². The maximum atomic E-state index is 10.8. The van der Waals surface area contributed by atoms with Crippen LogP contribution in [0.4, 0.5) is 0 Å². The summed E-state index contributed by atoms with van der Waals surface area (Å²) in [6.07, 6.45) is 1.19. The number of rotatable bonds is 6. The molecule has 0 aromatic heterocycles. The molecule has 94 valence electrons. The minimum absolute atomic E-state index is 0.179. The number of hydrogen-bond acceptors (Lipinski definition) is 3. The Morgan fingerprint density at radius 2 is 2.12 bits per heavy atom. The zero-order valence-corrected chi connectivity index (χ0v) is 11.1. The summed E-state index contributed by atoms with van der Waals surface area (Å²) in [4.78, 5) is 10.8. The summed E-state index contributed by atoms with van der Waals surface area (Å²) in [5.74, 6) is -0.179. The van der Waals surface area contributed by atoms with E-state index in [1.807, 2.05) is 12.1 Å². The van der Waals surface area contributed by atoms with Gasteiger partial charge < -0.3 is 10.1 Å². The second kappa shape index (κ2) is 7.54. The average molecular weight is 276 g/mol. The summed E-state index contributed by atoms with van der Waals surface area (Å²) in [5.41, 5.74) is 1.07. The molecule has 0 heterocycles. The van der Waals surface area contributed by atoms with Gasteiger partial charge in [0.25, 0.3) is 0 Å². The molecule has 0 saturated heterocycles. The maximum Gasteiger partial charge on any atom is 0.305 e. The van der Waals surface area contributed by atoms with Crippen LogP contribution in [0, 0.1) is 0 Å². The second-order valence-electron chi connectivity index (χ2n) is 3.60. The summed E-state index contributed by atoms with van der Waals surface area (Å²) in [6, 6.07) is 5.52. The van der Waals surface area contributed by atoms with Crippen LogP contribution < -0.4 is 5.32 Å². The fourth-order valence-corrected chi connectivity index (χ4v) is 1.66. The molecule has 1 aromatic carbocycles. The van der Waals surface area contributed by atoms with Gasteiger partial charge in [-0.2, -0.15) is 0 Å². The molecule has 0 fully saturated rings. The van der Waals surface area contributed by atoms with Gasteiger partial charge in [-0.3, -0.25) is 4.79 Å². The number of halogens is 2. The third kappa shape index (κ3) is 5.39. The van der Waals surface area contributed by atoms with E-state index < -0.39 is 0 Å². The van der Waals surface area contributed by atoms with Crippen molar-refractivity contribution >= 4 is 29.2 Å². The van der Waals surface area contributed by atoms with Crippen molar-refractivity contribution in [1.29, 1.82) is 0 Å². The van der Waals surface area contributed by atoms with Crippen LogP contribution in [0.5, 0.6) is 0 Å². The molecule has 1 aromatic rings. The van der Waals surface area contributed by atoms with E-state index in [2.05, 4.69) is 10.1 Å². The molecule has 0 bridgehead atoms. The predicted molar refractivity (Wildman–Crippen MR) is 69.4 cm³/mol. The third-order valence-corrected chi connectivity index (χ3v) is 3.01. The molecule has 0 aliphatic carbocycles. The van der Waals surface area contributed by atoms with Gasteiger partial charge in [-0.05, 0) is 30.7 Å². The van der Waals surface area contributed by atoms with Gasteiger partial charge in [0.15, 0.2) is 0 Å². The van der Waals surface area contributed by atoms with E-state index in [9.17, 15) is 4.79 Å². The highest BCUT2D eigenvalue weighted by atomic mass is 35.5. The molecule has 3 nitrogen and oxygen atoms in total. The molecule has 0 amide bonds. The highest BCUT2D eigenvalue weighted by Crippen LogP contribution is 2.22. The van der Waals surface area contributed by atoms with Crippen molar-refractivity contribution in [2.24, 2.45) is 0 Å². The first-order valence-electron chi connectivity index (χ1n) is 5.35. The van der Waals surface area contributed by atoms with Gasteiger partial charge >= 0.3 is 5.97 Å². The van der Waals surface area contributed by atoms with E-state index in [1.54, 1.807) is 6.07 Å². The Labute approximate surface area is 111 Å². The summed E-state index contributed by atoms with van der Waals surface area (Å²) in [7, 11) is 1.39. The van der Waals surface area contributed by atoms with Gasteiger partial charge in [0.05, 0.1) is 17.2 Å². The highest BCUT2D eigenvalue weighted by Gasteiger charge is 2.01. The van der Waals surface area contributed by atoms with Gasteiger partial charge in [-0.25, -0.2) is 0 Å². The zero-order chi connectivity index (χ0) is 12.7. The Balaban J connectivity index is 2.22. The van der Waals surface area contributed by atoms with Crippen molar-refractivity contribution in [3.05, 3.63) is 33.8 Å². The van der Waals surface area contributed by atoms with Crippen LogP contribution in [0.1, 0.15) is 18.4 Å². The fraction of sp³-hybridized carbons (Fsp3) is 0.417. The van der Waals surface area contributed by atoms with E-state index in [0.717, 1.165) is 18.5 Å². The van der Waals surface area contributed by atoms with Gasteiger partial charge in [0.1, 0.15) is 0 Å². The number of nitrogens with one attached hydrogen (secondary N) is 1. The molecule has 0 saturated carbocycles. The van der Waals surface area contributed by atoms with Crippen LogP contribution in [0.2, 0.25) is 10.0 Å². The lowest BCUT2D eigenvalue weighted by atomic mass is 10.2. The van der Waals surface area contributed by atoms with Crippen LogP contribution in [0.3, 0.4) is 0 Å². The van der Waals surface area contributed by atoms with Crippen LogP contribution in [0.15, 0.2) is 18.2 Å². The molecular weight excluding hydrogens is 261 g/mol. The monoisotopic (exact) mass is 275 g/mol. The number of esters is 1. The highest BCUT2D eigenvalue weighted by molar-refractivity contribution is 6.42. The molecular formula is C12H15Cl2NO2. The summed E-state index contributed by atoms with van der Waals surface area (Å²) in [5, 5.41) is 4.33. The van der Waals surface area contributed by atoms with Crippen LogP contribution in [-0.4, -0.2) is 19.6 Å². The van der Waals surface area contributed by atoms with Crippen molar-refractivity contribution in [1.82, 2.24) is 5.32 Å². The van der Waals surface area contributed by atoms with Crippen molar-refractivity contribution in [3.63, 3.8) is 0 Å². The van der Waals surface area contributed by atoms with Crippen molar-refractivity contribution in [2.75, 3.05) is 13.7 Å². The topological polar surface area (TPSA) is 38.3 Å². The van der Waals surface area contributed by atoms with Gasteiger partial charge in [0, 0.05) is 13.0 Å². The summed E-state index contributed by atoms with van der Waals surface area (Å²) in [6.45, 7) is 1.47. The van der Waals surface area contributed by atoms with E-state index in [4.69, 9.17) is 23.2 Å². The van der Waals surface area contributed by atoms with Crippen molar-refractivity contribution in [2.45, 2.75) is 19.4 Å². The smallest absolute Gasteiger partial charge is 0.305 e. The number of benzene rings is 1. The van der Waals surface area contributed by atoms with Crippen LogP contribution in [0.25, 0.3) is 0 Å². The molecule has 0 aliphatic rings. The Bertz CT molecular complexity index is 383. The normalized spacial score (nSPS) is 10.3. The van der Waals surface area contributed by atoms with E-state index in [0.29, 0.717) is 23.0 Å². The first kappa shape index (κ1) is 14.3. The summed E-state index contributed by atoms with van der Waals surface area (Å²) < 4.78 is 4.55. The Kier molecular flexibility index (Phi) is 6.34. The Hall–Kier alpha value is -0.770. The van der Waals surface area contributed by atoms with E-state index in [1.165, 1.54) is 7.11 Å². The number of carbonyl (C=O) groups is 1. The predicted octanol–water partition coefficient (Wildman–Crippen LogP) is 3.04. The van der Waals surface area contributed by atoms with Crippen molar-refractivity contribution < 1.29 is 9.53 Å². The standard InChI is InChI=1S/C12H15Cl2NO2/c1-17-12(16)3-2-6-15-8-9-4-5-10(13)11(14)7-9/h4-5,7,15H,2-3,6,8H2,1H3. The van der Waals surface area contributed by atoms with Crippen LogP contribution in [-0.2, 0) is 16.1 Å². The molecule has 0 spiro atoms. The molecule has 1 rings (SSSR count). The molecule has 0 atom stereocenters. The number of carbonyl (C=O) groups excluding carboxylic acids is 1. The minimum atomic E-state index is -0.179. The lowest BCUT2D eigenvalue weighted by molar-refractivity contribution is -0.140. The van der Waals surface area contributed by atoms with Gasteiger partial charge in [0.2, 0.25) is 0 Å². The molecule has 5 heteroatoms.